The number of aromatic nitrogens is 7. The summed E-state index contributed by atoms with van der Waals surface area (Å²) in [4.78, 5) is 47.3. The summed E-state index contributed by atoms with van der Waals surface area (Å²) in [6.07, 6.45) is 6.66. The van der Waals surface area contributed by atoms with Crippen molar-refractivity contribution in [2.45, 2.75) is 102 Å². The molecule has 0 spiro atoms. The molecule has 3 aromatic carbocycles. The number of hydrogen-bond donors (Lipinski definition) is 2. The fraction of sp³-hybridized carbons (Fsp3) is 0.383. The number of H-pyrrole nitrogens is 1. The number of nitrogens with zero attached hydrogens (tertiary/aromatic N) is 7. The maximum atomic E-state index is 15.4. The van der Waals surface area contributed by atoms with Crippen LogP contribution in [-0.4, -0.2) is 73.1 Å². The van der Waals surface area contributed by atoms with Gasteiger partial charge in [-0.2, -0.15) is 5.10 Å². The van der Waals surface area contributed by atoms with Gasteiger partial charge in [0.05, 0.1) is 38.4 Å². The molecule has 2 aliphatic heterocycles. The number of hydrogen-bond acceptors (Lipinski definition) is 9. The Balaban J connectivity index is 1.10. The van der Waals surface area contributed by atoms with Gasteiger partial charge in [-0.3, -0.25) is 23.4 Å². The molecular formula is C47H50FN9O6S. The second kappa shape index (κ2) is 14.9. The minimum Gasteiger partial charge on any atom is -0.376 e. The van der Waals surface area contributed by atoms with Crippen LogP contribution in [0.1, 0.15) is 110 Å². The molecule has 0 bridgehead atoms. The maximum absolute atomic E-state index is 15.4. The van der Waals surface area contributed by atoms with Crippen molar-refractivity contribution < 1.29 is 22.7 Å². The summed E-state index contributed by atoms with van der Waals surface area (Å²) in [6.45, 7) is 12.2. The Kier molecular flexibility index (Phi) is 9.68. The van der Waals surface area contributed by atoms with Crippen molar-refractivity contribution in [2.24, 2.45) is 0 Å². The maximum Gasteiger partial charge on any atom is 0.438 e. The average Bonchev–Trinajstić information content (AvgIpc) is 3.55. The first-order valence-corrected chi connectivity index (χ1v) is 23.5. The van der Waals surface area contributed by atoms with Crippen LogP contribution in [0.5, 0.6) is 0 Å². The van der Waals surface area contributed by atoms with E-state index in [9.17, 15) is 13.8 Å². The molecule has 3 atom stereocenters. The predicted molar refractivity (Wildman–Crippen MR) is 238 cm³/mol. The van der Waals surface area contributed by atoms with E-state index >= 15 is 9.18 Å². The number of ether oxygens (including phenoxy) is 1. The molecule has 2 fully saturated rings. The first-order valence-electron chi connectivity index (χ1n) is 21.7. The molecule has 1 saturated heterocycles. The van der Waals surface area contributed by atoms with Gasteiger partial charge >= 0.3 is 11.4 Å². The number of rotatable bonds is 9. The molecule has 0 radical (unpaired) electrons. The molecule has 17 heteroatoms. The monoisotopic (exact) mass is 887 g/mol. The number of carbonyl (C=O) groups is 1. The van der Waals surface area contributed by atoms with Crippen molar-refractivity contribution in [1.29, 1.82) is 4.78 Å². The SMILES string of the molecule is CC[S@](=N)(=O)c1ccc(-n2ccn(-c3c4c(nn3-c3cc(C)c(F)c(C)c3)CCN(C(=O)c3cc5cc([C@H]6CCOC(C)(C)C6)ccc5n3C3(c5noc(=O)[nH]5)CC3)[C@H]4C)c2=O)cc1. The van der Waals surface area contributed by atoms with Crippen LogP contribution in [0.2, 0.25) is 0 Å². The summed E-state index contributed by atoms with van der Waals surface area (Å²) in [7, 11) is -2.96. The number of aromatic amines is 1. The van der Waals surface area contributed by atoms with E-state index in [4.69, 9.17) is 19.1 Å². The molecular weight excluding hydrogens is 838 g/mol. The van der Waals surface area contributed by atoms with Crippen LogP contribution in [0.4, 0.5) is 4.39 Å². The lowest BCUT2D eigenvalue weighted by molar-refractivity contribution is -0.0592. The van der Waals surface area contributed by atoms with Gasteiger partial charge in [0.1, 0.15) is 22.9 Å². The molecule has 1 saturated carbocycles. The van der Waals surface area contributed by atoms with Crippen LogP contribution in [0.15, 0.2) is 92.1 Å². The summed E-state index contributed by atoms with van der Waals surface area (Å²) < 4.78 is 53.8. The summed E-state index contributed by atoms with van der Waals surface area (Å²) in [6, 6.07) is 17.7. The fourth-order valence-electron chi connectivity index (χ4n) is 10.0. The minimum absolute atomic E-state index is 0.166. The van der Waals surface area contributed by atoms with E-state index in [0.29, 0.717) is 88.4 Å². The zero-order valence-corrected chi connectivity index (χ0v) is 37.4. The Morgan fingerprint density at radius 1 is 1.00 bits per heavy atom. The van der Waals surface area contributed by atoms with Gasteiger partial charge < -0.3 is 14.2 Å². The highest BCUT2D eigenvalue weighted by atomic mass is 32.2. The minimum atomic E-state index is -2.96. The number of imidazole rings is 1. The number of carbonyl (C=O) groups excluding carboxylic acids is 1. The van der Waals surface area contributed by atoms with E-state index in [1.54, 1.807) is 79.1 Å². The van der Waals surface area contributed by atoms with Crippen LogP contribution < -0.4 is 11.4 Å². The number of amides is 1. The van der Waals surface area contributed by atoms with Crippen LogP contribution in [0.25, 0.3) is 28.1 Å². The van der Waals surface area contributed by atoms with Crippen LogP contribution in [0.3, 0.4) is 0 Å². The zero-order valence-electron chi connectivity index (χ0n) is 36.6. The van der Waals surface area contributed by atoms with Gasteiger partial charge in [-0.1, -0.05) is 18.1 Å². The average molecular weight is 888 g/mol. The molecule has 332 valence electrons. The topological polar surface area (TPSA) is 179 Å². The Labute approximate surface area is 368 Å². The first-order chi connectivity index (χ1) is 30.5. The first kappa shape index (κ1) is 41.7. The van der Waals surface area contributed by atoms with Crippen molar-refractivity contribution in [1.82, 2.24) is 38.5 Å². The number of benzene rings is 3. The smallest absolute Gasteiger partial charge is 0.376 e. The number of aryl methyl sites for hydroxylation is 2. The summed E-state index contributed by atoms with van der Waals surface area (Å²) in [5.74, 6) is -0.0228. The summed E-state index contributed by atoms with van der Waals surface area (Å²) >= 11 is 0. The Hall–Kier alpha value is -6.33. The molecule has 3 aliphatic rings. The van der Waals surface area contributed by atoms with E-state index in [1.807, 2.05) is 17.6 Å². The molecule has 1 aliphatic carbocycles. The van der Waals surface area contributed by atoms with Crippen molar-refractivity contribution in [3.63, 3.8) is 0 Å². The molecule has 0 unspecified atom stereocenters. The van der Waals surface area contributed by atoms with Crippen molar-refractivity contribution in [3.05, 3.63) is 139 Å². The highest BCUT2D eigenvalue weighted by molar-refractivity contribution is 7.92. The van der Waals surface area contributed by atoms with E-state index in [-0.39, 0.29) is 29.0 Å². The lowest BCUT2D eigenvalue weighted by Crippen LogP contribution is -2.41. The van der Waals surface area contributed by atoms with Gasteiger partial charge in [0.25, 0.3) is 5.91 Å². The normalized spacial score (nSPS) is 20.0. The van der Waals surface area contributed by atoms with Gasteiger partial charge in [-0.15, -0.1) is 0 Å². The Bertz CT molecular complexity index is 3230. The highest BCUT2D eigenvalue weighted by Crippen LogP contribution is 2.51. The predicted octanol–water partition coefficient (Wildman–Crippen LogP) is 7.60. The Morgan fingerprint density at radius 3 is 2.38 bits per heavy atom. The fourth-order valence-corrected chi connectivity index (χ4v) is 10.9. The third kappa shape index (κ3) is 6.69. The van der Waals surface area contributed by atoms with Gasteiger partial charge in [0.15, 0.2) is 5.82 Å². The molecule has 1 amide bonds. The molecule has 7 aromatic rings. The third-order valence-corrected chi connectivity index (χ3v) is 15.4. The lowest BCUT2D eigenvalue weighted by atomic mass is 9.83. The number of nitrogens with one attached hydrogen (secondary N) is 2. The lowest BCUT2D eigenvalue weighted by Gasteiger charge is -2.35. The van der Waals surface area contributed by atoms with Gasteiger partial charge in [-0.05, 0) is 138 Å². The Morgan fingerprint density at radius 2 is 1.72 bits per heavy atom. The molecule has 15 nitrogen and oxygen atoms in total. The van der Waals surface area contributed by atoms with Crippen molar-refractivity contribution in [2.75, 3.05) is 18.9 Å². The van der Waals surface area contributed by atoms with Crippen molar-refractivity contribution in [3.8, 4) is 17.2 Å². The second-order valence-electron chi connectivity index (χ2n) is 18.1. The van der Waals surface area contributed by atoms with E-state index in [1.165, 1.54) is 14.7 Å². The quantitative estimate of drug-likeness (QED) is 0.149. The largest absolute Gasteiger partial charge is 0.438 e. The molecule has 64 heavy (non-hydrogen) atoms. The van der Waals surface area contributed by atoms with Crippen LogP contribution in [0, 0.1) is 24.4 Å². The van der Waals surface area contributed by atoms with E-state index < -0.39 is 32.8 Å². The number of halogens is 1. The van der Waals surface area contributed by atoms with E-state index in [2.05, 4.69) is 42.2 Å². The van der Waals surface area contributed by atoms with Gasteiger partial charge in [0.2, 0.25) is 0 Å². The van der Waals surface area contributed by atoms with E-state index in [0.717, 1.165) is 23.7 Å². The van der Waals surface area contributed by atoms with Gasteiger partial charge in [-0.25, -0.2) is 27.6 Å². The van der Waals surface area contributed by atoms with Crippen molar-refractivity contribution >= 4 is 26.5 Å². The standard InChI is InChI=1S/C47H50FN9O6S/c1-7-64(49,61)35-11-9-33(10-12-35)54-19-20-55(45(54)60)41-39-29(4)53(18-14-36(39)51-57(41)34-22-27(2)40(48)28(3)23-34)42(58)38-25-32-24-30(31-15-21-62-46(5,6)26-31)8-13-37(32)56(38)47(16-17-47)43-50-44(59)63-52-43/h8-13,19-20,22-25,29,31,49H,7,14-18,21,26H2,1-6H3,(H,50,52,59)/t29-,31-,64-/m0/s1. The second-order valence-corrected chi connectivity index (χ2v) is 20.5. The highest BCUT2D eigenvalue weighted by Gasteiger charge is 2.52. The molecule has 10 rings (SSSR count). The summed E-state index contributed by atoms with van der Waals surface area (Å²) in [5.41, 5.74) is 4.22. The zero-order chi connectivity index (χ0) is 45.0. The van der Waals surface area contributed by atoms with Crippen LogP contribution in [-0.2, 0) is 26.4 Å². The summed E-state index contributed by atoms with van der Waals surface area (Å²) in [5, 5.41) is 10.1. The number of fused-ring (bicyclic) bond motifs is 2. The van der Waals surface area contributed by atoms with Gasteiger partial charge in [0, 0.05) is 59.1 Å². The molecule has 4 aromatic heterocycles. The van der Waals surface area contributed by atoms with Crippen LogP contribution >= 0.6 is 0 Å². The molecule has 6 heterocycles. The molecule has 2 N–H and O–H groups in total. The third-order valence-electron chi connectivity index (χ3n) is 13.5.